The molecule has 0 saturated carbocycles. The van der Waals surface area contributed by atoms with Crippen LogP contribution in [0.1, 0.15) is 12.0 Å². The fraction of sp³-hybridized carbons (Fsp3) is 0.333. The lowest BCUT2D eigenvalue weighted by molar-refractivity contribution is -0.303. The highest BCUT2D eigenvalue weighted by molar-refractivity contribution is 5.14. The molecule has 0 atom stereocenters. The second kappa shape index (κ2) is 4.88. The minimum atomic E-state index is 0.300. The van der Waals surface area contributed by atoms with Crippen LogP contribution in [0.5, 0.6) is 0 Å². The van der Waals surface area contributed by atoms with E-state index in [0.29, 0.717) is 6.61 Å². The summed E-state index contributed by atoms with van der Waals surface area (Å²) in [5.41, 5.74) is 1.25. The summed E-state index contributed by atoms with van der Waals surface area (Å²) in [5, 5.41) is 9.62. The van der Waals surface area contributed by atoms with E-state index in [2.05, 4.69) is 4.89 Å². The monoisotopic (exact) mass is 151 g/mol. The summed E-state index contributed by atoms with van der Waals surface area (Å²) in [7, 11) is 0. The predicted octanol–water partition coefficient (Wildman–Crippen LogP) is 1.98. The van der Waals surface area contributed by atoms with E-state index in [1.807, 2.05) is 30.3 Å². The quantitative estimate of drug-likeness (QED) is 0.367. The average molecular weight is 151 g/mol. The van der Waals surface area contributed by atoms with Gasteiger partial charge < -0.3 is 0 Å². The van der Waals surface area contributed by atoms with E-state index >= 15 is 0 Å². The van der Waals surface area contributed by atoms with Crippen molar-refractivity contribution in [1.29, 1.82) is 0 Å². The third-order valence-corrected chi connectivity index (χ3v) is 1.54. The summed E-state index contributed by atoms with van der Waals surface area (Å²) in [6.45, 7) is 0.300. The van der Waals surface area contributed by atoms with Crippen molar-refractivity contribution >= 4 is 0 Å². The molecule has 0 spiro atoms. The predicted molar refractivity (Wildman–Crippen MR) is 41.4 cm³/mol. The smallest absolute Gasteiger partial charge is 0.0858 e. The highest BCUT2D eigenvalue weighted by atomic mass is 17.1. The molecule has 0 saturated heterocycles. The van der Waals surface area contributed by atoms with Crippen LogP contribution in [0.4, 0.5) is 0 Å². The van der Waals surface area contributed by atoms with Crippen LogP contribution in [0.3, 0.4) is 0 Å². The molecule has 0 aliphatic carbocycles. The molecule has 0 unspecified atom stereocenters. The van der Waals surface area contributed by atoms with E-state index in [-0.39, 0.29) is 0 Å². The molecule has 1 radical (unpaired) electrons. The van der Waals surface area contributed by atoms with Crippen molar-refractivity contribution in [2.45, 2.75) is 12.8 Å². The molecule has 2 heteroatoms. The van der Waals surface area contributed by atoms with Crippen LogP contribution in [-0.2, 0) is 16.6 Å². The Morgan fingerprint density at radius 2 is 1.91 bits per heavy atom. The van der Waals surface area contributed by atoms with Gasteiger partial charge in [0.25, 0.3) is 0 Å². The van der Waals surface area contributed by atoms with E-state index in [0.717, 1.165) is 12.8 Å². The van der Waals surface area contributed by atoms with Crippen molar-refractivity contribution < 1.29 is 10.1 Å². The van der Waals surface area contributed by atoms with E-state index in [4.69, 9.17) is 0 Å². The van der Waals surface area contributed by atoms with Gasteiger partial charge in [-0.1, -0.05) is 30.3 Å². The van der Waals surface area contributed by atoms with Gasteiger partial charge in [-0.25, -0.2) is 4.89 Å². The van der Waals surface area contributed by atoms with Crippen LogP contribution in [0.25, 0.3) is 0 Å². The van der Waals surface area contributed by atoms with E-state index in [1.54, 1.807) is 0 Å². The number of hydrogen-bond donors (Lipinski definition) is 0. The Hall–Kier alpha value is -0.860. The Labute approximate surface area is 66.4 Å². The van der Waals surface area contributed by atoms with E-state index in [9.17, 15) is 5.26 Å². The molecule has 1 rings (SSSR count). The zero-order chi connectivity index (χ0) is 7.94. The normalized spacial score (nSPS) is 9.91. The summed E-state index contributed by atoms with van der Waals surface area (Å²) in [6, 6.07) is 10.1. The van der Waals surface area contributed by atoms with Gasteiger partial charge in [-0.2, -0.15) is 0 Å². The van der Waals surface area contributed by atoms with Crippen molar-refractivity contribution in [3.8, 4) is 0 Å². The SMILES string of the molecule is [O]OCCCc1ccccc1. The summed E-state index contributed by atoms with van der Waals surface area (Å²) >= 11 is 0. The Morgan fingerprint density at radius 1 is 1.18 bits per heavy atom. The molecule has 0 aliphatic rings. The first kappa shape index (κ1) is 8.24. The molecule has 0 bridgehead atoms. The first-order chi connectivity index (χ1) is 5.43. The second-order valence-corrected chi connectivity index (χ2v) is 2.41. The fourth-order valence-corrected chi connectivity index (χ4v) is 0.980. The van der Waals surface area contributed by atoms with E-state index < -0.39 is 0 Å². The lowest BCUT2D eigenvalue weighted by Gasteiger charge is -1.97. The average Bonchev–Trinajstić information content (AvgIpc) is 2.07. The molecule has 0 heterocycles. The third-order valence-electron chi connectivity index (χ3n) is 1.54. The minimum absolute atomic E-state index is 0.300. The minimum Gasteiger partial charge on any atom is -0.204 e. The van der Waals surface area contributed by atoms with Gasteiger partial charge in [0.2, 0.25) is 0 Å². The zero-order valence-electron chi connectivity index (χ0n) is 6.32. The molecule has 0 aliphatic heterocycles. The van der Waals surface area contributed by atoms with Gasteiger partial charge in [-0.05, 0) is 23.7 Å². The molecule has 59 valence electrons. The van der Waals surface area contributed by atoms with Crippen LogP contribution in [0.15, 0.2) is 30.3 Å². The van der Waals surface area contributed by atoms with Crippen LogP contribution in [0.2, 0.25) is 0 Å². The molecule has 2 nitrogen and oxygen atoms in total. The summed E-state index contributed by atoms with van der Waals surface area (Å²) in [4.78, 5) is 3.71. The maximum absolute atomic E-state index is 9.62. The van der Waals surface area contributed by atoms with Gasteiger partial charge in [-0.3, -0.25) is 0 Å². The van der Waals surface area contributed by atoms with Gasteiger partial charge >= 0.3 is 0 Å². The highest BCUT2D eigenvalue weighted by Gasteiger charge is 1.90. The van der Waals surface area contributed by atoms with Crippen LogP contribution < -0.4 is 0 Å². The van der Waals surface area contributed by atoms with Crippen LogP contribution in [-0.4, -0.2) is 6.61 Å². The molecule has 0 aromatic heterocycles. The first-order valence-corrected chi connectivity index (χ1v) is 3.72. The Kier molecular flexibility index (Phi) is 3.65. The van der Waals surface area contributed by atoms with Crippen molar-refractivity contribution in [1.82, 2.24) is 0 Å². The number of hydrogen-bond acceptors (Lipinski definition) is 1. The lowest BCUT2D eigenvalue weighted by Crippen LogP contribution is -1.91. The maximum Gasteiger partial charge on any atom is 0.0858 e. The van der Waals surface area contributed by atoms with Gasteiger partial charge in [0, 0.05) is 0 Å². The number of aryl methyl sites for hydroxylation is 1. The van der Waals surface area contributed by atoms with Gasteiger partial charge in [-0.15, -0.1) is 0 Å². The summed E-state index contributed by atoms with van der Waals surface area (Å²) in [6.07, 6.45) is 1.72. The van der Waals surface area contributed by atoms with E-state index in [1.165, 1.54) is 5.56 Å². The molecule has 0 fully saturated rings. The maximum atomic E-state index is 9.62. The molecule has 1 aromatic rings. The largest absolute Gasteiger partial charge is 0.204 e. The molecule has 1 aromatic carbocycles. The molecular formula is C9H11O2. The lowest BCUT2D eigenvalue weighted by atomic mass is 10.1. The highest BCUT2D eigenvalue weighted by Crippen LogP contribution is 2.01. The van der Waals surface area contributed by atoms with Crippen molar-refractivity contribution in [3.63, 3.8) is 0 Å². The Bertz CT molecular complexity index is 184. The van der Waals surface area contributed by atoms with Crippen LogP contribution >= 0.6 is 0 Å². The first-order valence-electron chi connectivity index (χ1n) is 3.72. The molecule has 0 amide bonds. The number of rotatable bonds is 4. The zero-order valence-corrected chi connectivity index (χ0v) is 6.32. The molecular weight excluding hydrogens is 140 g/mol. The van der Waals surface area contributed by atoms with Crippen molar-refractivity contribution in [2.75, 3.05) is 6.61 Å². The molecule has 0 N–H and O–H groups in total. The standard InChI is InChI=1S/C9H11O2/c10-11-8-4-7-9-5-2-1-3-6-9/h1-3,5-6H,4,7-8H2. The van der Waals surface area contributed by atoms with Crippen LogP contribution in [0, 0.1) is 0 Å². The Balaban J connectivity index is 2.28. The molecule has 11 heavy (non-hydrogen) atoms. The summed E-state index contributed by atoms with van der Waals surface area (Å²) < 4.78 is 0. The Morgan fingerprint density at radius 3 is 2.55 bits per heavy atom. The fourth-order valence-electron chi connectivity index (χ4n) is 0.980. The van der Waals surface area contributed by atoms with Gasteiger partial charge in [0.05, 0.1) is 6.61 Å². The van der Waals surface area contributed by atoms with Gasteiger partial charge in [0.1, 0.15) is 0 Å². The second-order valence-electron chi connectivity index (χ2n) is 2.41. The van der Waals surface area contributed by atoms with Crippen molar-refractivity contribution in [3.05, 3.63) is 35.9 Å². The third kappa shape index (κ3) is 3.16. The number of benzene rings is 1. The summed E-state index contributed by atoms with van der Waals surface area (Å²) in [5.74, 6) is 0. The van der Waals surface area contributed by atoms with Gasteiger partial charge in [0.15, 0.2) is 0 Å². The topological polar surface area (TPSA) is 29.1 Å². The van der Waals surface area contributed by atoms with Crippen molar-refractivity contribution in [2.24, 2.45) is 0 Å².